The Morgan fingerprint density at radius 1 is 1.35 bits per heavy atom. The summed E-state index contributed by atoms with van der Waals surface area (Å²) in [5.74, 6) is -0.270. The number of ether oxygens (including phenoxy) is 1. The fourth-order valence-electron chi connectivity index (χ4n) is 1.57. The highest BCUT2D eigenvalue weighted by atomic mass is 79.9. The van der Waals surface area contributed by atoms with E-state index in [1.165, 1.54) is 17.4 Å². The third-order valence-electron chi connectivity index (χ3n) is 2.65. The van der Waals surface area contributed by atoms with Crippen LogP contribution in [-0.4, -0.2) is 31.0 Å². The molecular formula is C14H13BrFNO2S. The lowest BCUT2D eigenvalue weighted by Crippen LogP contribution is -2.30. The number of amides is 1. The lowest BCUT2D eigenvalue weighted by molar-refractivity contribution is 0.0777. The number of likely N-dealkylation sites (N-methyl/N-ethyl adjacent to an activating group) is 1. The Hall–Kier alpha value is -1.40. The van der Waals surface area contributed by atoms with Crippen LogP contribution in [-0.2, 0) is 0 Å². The van der Waals surface area contributed by atoms with Gasteiger partial charge in [0, 0.05) is 7.05 Å². The van der Waals surface area contributed by atoms with Crippen LogP contribution in [0.4, 0.5) is 4.39 Å². The standard InChI is InChI=1S/C14H13BrFNO2S/c1-17(14(18)12-6-7-13(15)20-12)8-9-19-11-5-3-2-4-10(11)16/h2-7H,8-9H2,1H3. The predicted molar refractivity (Wildman–Crippen MR) is 80.9 cm³/mol. The first-order valence-electron chi connectivity index (χ1n) is 5.96. The molecule has 0 saturated carbocycles. The van der Waals surface area contributed by atoms with Crippen LogP contribution in [0.15, 0.2) is 40.2 Å². The quantitative estimate of drug-likeness (QED) is 0.814. The molecule has 0 aliphatic carbocycles. The molecule has 6 heteroatoms. The molecule has 3 nitrogen and oxygen atoms in total. The number of carbonyl (C=O) groups excluding carboxylic acids is 1. The fourth-order valence-corrected chi connectivity index (χ4v) is 2.95. The van der Waals surface area contributed by atoms with Crippen molar-refractivity contribution in [3.8, 4) is 5.75 Å². The van der Waals surface area contributed by atoms with Gasteiger partial charge in [-0.15, -0.1) is 11.3 Å². The Morgan fingerprint density at radius 3 is 2.75 bits per heavy atom. The van der Waals surface area contributed by atoms with E-state index in [4.69, 9.17) is 4.74 Å². The van der Waals surface area contributed by atoms with E-state index in [-0.39, 0.29) is 18.3 Å². The summed E-state index contributed by atoms with van der Waals surface area (Å²) < 4.78 is 19.6. The van der Waals surface area contributed by atoms with Gasteiger partial charge in [0.15, 0.2) is 11.6 Å². The number of hydrogen-bond donors (Lipinski definition) is 0. The first kappa shape index (κ1) is 15.0. The Bertz CT molecular complexity index is 602. The van der Waals surface area contributed by atoms with Gasteiger partial charge in [-0.1, -0.05) is 12.1 Å². The van der Waals surface area contributed by atoms with E-state index in [1.54, 1.807) is 36.2 Å². The summed E-state index contributed by atoms with van der Waals surface area (Å²) in [7, 11) is 1.70. The molecule has 2 rings (SSSR count). The van der Waals surface area contributed by atoms with Gasteiger partial charge >= 0.3 is 0 Å². The first-order chi connectivity index (χ1) is 9.58. The van der Waals surface area contributed by atoms with E-state index < -0.39 is 5.82 Å². The molecule has 0 unspecified atom stereocenters. The van der Waals surface area contributed by atoms with Gasteiger partial charge < -0.3 is 9.64 Å². The minimum Gasteiger partial charge on any atom is -0.489 e. The lowest BCUT2D eigenvalue weighted by atomic mass is 10.3. The van der Waals surface area contributed by atoms with Gasteiger partial charge in [0.1, 0.15) is 6.61 Å². The van der Waals surface area contributed by atoms with Crippen LogP contribution in [0.25, 0.3) is 0 Å². The zero-order valence-corrected chi connectivity index (χ0v) is 13.2. The SMILES string of the molecule is CN(CCOc1ccccc1F)C(=O)c1ccc(Br)s1. The molecule has 2 aromatic rings. The number of carbonyl (C=O) groups is 1. The minimum absolute atomic E-state index is 0.0715. The summed E-state index contributed by atoms with van der Waals surface area (Å²) in [6, 6.07) is 9.82. The zero-order valence-electron chi connectivity index (χ0n) is 10.8. The van der Waals surface area contributed by atoms with Crippen molar-refractivity contribution in [1.29, 1.82) is 0 Å². The molecule has 0 aliphatic heterocycles. The molecule has 0 radical (unpaired) electrons. The molecule has 106 valence electrons. The second kappa shape index (κ2) is 6.85. The highest BCUT2D eigenvalue weighted by Gasteiger charge is 2.13. The number of para-hydroxylation sites is 1. The normalized spacial score (nSPS) is 10.3. The lowest BCUT2D eigenvalue weighted by Gasteiger charge is -2.16. The molecule has 0 spiro atoms. The van der Waals surface area contributed by atoms with Crippen LogP contribution < -0.4 is 4.74 Å². The maximum atomic E-state index is 13.3. The van der Waals surface area contributed by atoms with Gasteiger partial charge in [0.05, 0.1) is 15.2 Å². The van der Waals surface area contributed by atoms with Crippen molar-refractivity contribution in [1.82, 2.24) is 4.90 Å². The largest absolute Gasteiger partial charge is 0.489 e. The maximum absolute atomic E-state index is 13.3. The van der Waals surface area contributed by atoms with E-state index >= 15 is 0 Å². The molecular weight excluding hydrogens is 345 g/mol. The number of thiophene rings is 1. The maximum Gasteiger partial charge on any atom is 0.263 e. The summed E-state index contributed by atoms with van der Waals surface area (Å²) in [6.45, 7) is 0.637. The average Bonchev–Trinajstić information content (AvgIpc) is 2.86. The highest BCUT2D eigenvalue weighted by molar-refractivity contribution is 9.11. The summed E-state index contributed by atoms with van der Waals surface area (Å²) in [4.78, 5) is 14.3. The third kappa shape index (κ3) is 3.80. The van der Waals surface area contributed by atoms with Gasteiger partial charge in [-0.05, 0) is 40.2 Å². The molecule has 0 saturated heterocycles. The van der Waals surface area contributed by atoms with E-state index in [1.807, 2.05) is 6.07 Å². The Kier molecular flexibility index (Phi) is 5.14. The fraction of sp³-hybridized carbons (Fsp3) is 0.214. The van der Waals surface area contributed by atoms with Gasteiger partial charge in [-0.2, -0.15) is 0 Å². The van der Waals surface area contributed by atoms with Gasteiger partial charge in [0.2, 0.25) is 0 Å². The smallest absolute Gasteiger partial charge is 0.263 e. The van der Waals surface area contributed by atoms with Crippen molar-refractivity contribution in [2.45, 2.75) is 0 Å². The molecule has 1 aromatic heterocycles. The molecule has 1 heterocycles. The Labute approximate surface area is 129 Å². The molecule has 1 aromatic carbocycles. The summed E-state index contributed by atoms with van der Waals surface area (Å²) in [5.41, 5.74) is 0. The second-order valence-corrected chi connectivity index (χ2v) is 6.57. The first-order valence-corrected chi connectivity index (χ1v) is 7.57. The average molecular weight is 358 g/mol. The summed E-state index contributed by atoms with van der Waals surface area (Å²) >= 11 is 4.70. The summed E-state index contributed by atoms with van der Waals surface area (Å²) in [6.07, 6.45) is 0. The third-order valence-corrected chi connectivity index (χ3v) is 4.26. The molecule has 0 atom stereocenters. The molecule has 20 heavy (non-hydrogen) atoms. The van der Waals surface area contributed by atoms with E-state index in [9.17, 15) is 9.18 Å². The number of benzene rings is 1. The number of nitrogens with zero attached hydrogens (tertiary/aromatic N) is 1. The van der Waals surface area contributed by atoms with Gasteiger partial charge in [-0.3, -0.25) is 4.79 Å². The van der Waals surface area contributed by atoms with Crippen LogP contribution in [0.1, 0.15) is 9.67 Å². The molecule has 0 bridgehead atoms. The number of hydrogen-bond acceptors (Lipinski definition) is 3. The van der Waals surface area contributed by atoms with Crippen LogP contribution in [0.3, 0.4) is 0 Å². The van der Waals surface area contributed by atoms with Crippen LogP contribution in [0.5, 0.6) is 5.75 Å². The molecule has 0 N–H and O–H groups in total. The van der Waals surface area contributed by atoms with Crippen molar-refractivity contribution in [3.05, 3.63) is 50.9 Å². The van der Waals surface area contributed by atoms with Crippen LogP contribution in [0, 0.1) is 5.82 Å². The van der Waals surface area contributed by atoms with E-state index in [2.05, 4.69) is 15.9 Å². The van der Waals surface area contributed by atoms with Crippen molar-refractivity contribution in [2.75, 3.05) is 20.2 Å². The second-order valence-electron chi connectivity index (χ2n) is 4.11. The predicted octanol–water partition coefficient (Wildman–Crippen LogP) is 3.80. The number of rotatable bonds is 5. The zero-order chi connectivity index (χ0) is 14.5. The van der Waals surface area contributed by atoms with E-state index in [0.29, 0.717) is 11.4 Å². The van der Waals surface area contributed by atoms with Gasteiger partial charge in [-0.25, -0.2) is 4.39 Å². The molecule has 0 fully saturated rings. The van der Waals surface area contributed by atoms with E-state index in [0.717, 1.165) is 3.79 Å². The Balaban J connectivity index is 1.85. The minimum atomic E-state index is -0.399. The van der Waals surface area contributed by atoms with Crippen LogP contribution >= 0.6 is 27.3 Å². The van der Waals surface area contributed by atoms with Crippen LogP contribution in [0.2, 0.25) is 0 Å². The van der Waals surface area contributed by atoms with Crippen molar-refractivity contribution in [3.63, 3.8) is 0 Å². The summed E-state index contributed by atoms with van der Waals surface area (Å²) in [5, 5.41) is 0. The topological polar surface area (TPSA) is 29.5 Å². The highest BCUT2D eigenvalue weighted by Crippen LogP contribution is 2.23. The molecule has 0 aliphatic rings. The van der Waals surface area contributed by atoms with Gasteiger partial charge in [0.25, 0.3) is 5.91 Å². The van der Waals surface area contributed by atoms with Crippen molar-refractivity contribution < 1.29 is 13.9 Å². The molecule has 1 amide bonds. The Morgan fingerprint density at radius 2 is 2.10 bits per heavy atom. The monoisotopic (exact) mass is 357 g/mol. The number of halogens is 2. The van der Waals surface area contributed by atoms with Crippen molar-refractivity contribution >= 4 is 33.2 Å². The van der Waals surface area contributed by atoms with Crippen molar-refractivity contribution in [2.24, 2.45) is 0 Å².